The SMILES string of the molecule is NC1CO[S@@](=O)C1. The van der Waals surface area contributed by atoms with Crippen LogP contribution < -0.4 is 5.73 Å². The van der Waals surface area contributed by atoms with Gasteiger partial charge in [-0.15, -0.1) is 0 Å². The predicted molar refractivity (Wildman–Crippen MR) is 26.9 cm³/mol. The fourth-order valence-corrected chi connectivity index (χ4v) is 1.30. The van der Waals surface area contributed by atoms with Crippen LogP contribution in [0.4, 0.5) is 0 Å². The molecule has 1 saturated heterocycles. The van der Waals surface area contributed by atoms with Crippen LogP contribution >= 0.6 is 0 Å². The van der Waals surface area contributed by atoms with E-state index in [1.165, 1.54) is 0 Å². The van der Waals surface area contributed by atoms with E-state index in [1.54, 1.807) is 0 Å². The summed E-state index contributed by atoms with van der Waals surface area (Å²) in [6, 6.07) is 0.000772. The Hall–Kier alpha value is 0.0700. The van der Waals surface area contributed by atoms with Gasteiger partial charge < -0.3 is 5.73 Å². The monoisotopic (exact) mass is 121 g/mol. The van der Waals surface area contributed by atoms with E-state index in [4.69, 9.17) is 5.73 Å². The molecule has 0 aromatic rings. The second kappa shape index (κ2) is 1.90. The van der Waals surface area contributed by atoms with Gasteiger partial charge in [-0.2, -0.15) is 0 Å². The predicted octanol–water partition coefficient (Wildman–Crippen LogP) is -0.992. The minimum absolute atomic E-state index is 0.000772. The molecule has 4 heteroatoms. The molecule has 2 atom stereocenters. The maximum Gasteiger partial charge on any atom is 0.157 e. The Balaban J connectivity index is 2.40. The Morgan fingerprint density at radius 2 is 2.57 bits per heavy atom. The third kappa shape index (κ3) is 1.22. The molecule has 3 nitrogen and oxygen atoms in total. The Morgan fingerprint density at radius 1 is 1.86 bits per heavy atom. The van der Waals surface area contributed by atoms with Crippen LogP contribution in [0, 0.1) is 0 Å². The molecule has 1 rings (SSSR count). The molecule has 0 spiro atoms. The molecule has 1 aliphatic heterocycles. The van der Waals surface area contributed by atoms with Crippen molar-refractivity contribution in [3.63, 3.8) is 0 Å². The quantitative estimate of drug-likeness (QED) is 0.447. The summed E-state index contributed by atoms with van der Waals surface area (Å²) in [4.78, 5) is 0. The first kappa shape index (κ1) is 5.21. The number of rotatable bonds is 0. The van der Waals surface area contributed by atoms with Gasteiger partial charge in [0.2, 0.25) is 0 Å². The zero-order valence-corrected chi connectivity index (χ0v) is 4.61. The molecule has 0 aliphatic carbocycles. The average molecular weight is 121 g/mol. The first-order valence-electron chi connectivity index (χ1n) is 2.06. The van der Waals surface area contributed by atoms with Gasteiger partial charge in [-0.1, -0.05) is 0 Å². The number of hydrogen-bond acceptors (Lipinski definition) is 3. The maximum absolute atomic E-state index is 10.3. The van der Waals surface area contributed by atoms with Gasteiger partial charge in [0.15, 0.2) is 11.1 Å². The van der Waals surface area contributed by atoms with E-state index in [2.05, 4.69) is 4.18 Å². The molecule has 0 aromatic heterocycles. The zero-order valence-electron chi connectivity index (χ0n) is 3.79. The second-order valence-corrected chi connectivity index (χ2v) is 2.69. The molecule has 0 amide bonds. The lowest BCUT2D eigenvalue weighted by Crippen LogP contribution is -2.22. The van der Waals surface area contributed by atoms with E-state index in [0.29, 0.717) is 12.4 Å². The normalized spacial score (nSPS) is 41.9. The molecule has 0 radical (unpaired) electrons. The van der Waals surface area contributed by atoms with E-state index in [1.807, 2.05) is 0 Å². The van der Waals surface area contributed by atoms with Crippen molar-refractivity contribution >= 4 is 11.1 Å². The summed E-state index contributed by atoms with van der Waals surface area (Å²) in [7, 11) is 0. The van der Waals surface area contributed by atoms with Crippen LogP contribution in [0.15, 0.2) is 0 Å². The second-order valence-electron chi connectivity index (χ2n) is 1.52. The summed E-state index contributed by atoms with van der Waals surface area (Å²) >= 11 is -1.08. The van der Waals surface area contributed by atoms with Crippen LogP contribution in [0.2, 0.25) is 0 Å². The molecule has 1 unspecified atom stereocenters. The van der Waals surface area contributed by atoms with Gasteiger partial charge >= 0.3 is 0 Å². The maximum atomic E-state index is 10.3. The fraction of sp³-hybridized carbons (Fsp3) is 1.00. The summed E-state index contributed by atoms with van der Waals surface area (Å²) in [6.07, 6.45) is 0. The molecule has 42 valence electrons. The lowest BCUT2D eigenvalue weighted by atomic mass is 10.4. The van der Waals surface area contributed by atoms with Crippen molar-refractivity contribution in [1.29, 1.82) is 0 Å². The highest BCUT2D eigenvalue weighted by molar-refractivity contribution is 7.80. The van der Waals surface area contributed by atoms with Crippen molar-refractivity contribution in [2.24, 2.45) is 5.73 Å². The molecule has 0 saturated carbocycles. The Labute approximate surface area is 44.5 Å². The summed E-state index contributed by atoms with van der Waals surface area (Å²) in [6.45, 7) is 0.451. The van der Waals surface area contributed by atoms with Gasteiger partial charge in [-0.3, -0.25) is 4.18 Å². The first-order valence-corrected chi connectivity index (χ1v) is 3.30. The molecule has 1 heterocycles. The van der Waals surface area contributed by atoms with Crippen molar-refractivity contribution in [1.82, 2.24) is 0 Å². The van der Waals surface area contributed by atoms with Crippen molar-refractivity contribution < 1.29 is 8.39 Å². The van der Waals surface area contributed by atoms with Crippen molar-refractivity contribution in [2.75, 3.05) is 12.4 Å². The molecule has 0 bridgehead atoms. The van der Waals surface area contributed by atoms with Crippen molar-refractivity contribution in [3.8, 4) is 0 Å². The van der Waals surface area contributed by atoms with Gasteiger partial charge in [0, 0.05) is 6.04 Å². The smallest absolute Gasteiger partial charge is 0.157 e. The van der Waals surface area contributed by atoms with Gasteiger partial charge in [0.05, 0.1) is 12.4 Å². The molecule has 1 fully saturated rings. The van der Waals surface area contributed by atoms with Crippen molar-refractivity contribution in [3.05, 3.63) is 0 Å². The number of nitrogens with two attached hydrogens (primary N) is 1. The third-order valence-electron chi connectivity index (χ3n) is 0.764. The highest BCUT2D eigenvalue weighted by Gasteiger charge is 2.16. The van der Waals surface area contributed by atoms with Crippen LogP contribution in [0.3, 0.4) is 0 Å². The Bertz CT molecular complexity index is 94.9. The van der Waals surface area contributed by atoms with E-state index >= 15 is 0 Å². The van der Waals surface area contributed by atoms with Crippen LogP contribution in [-0.4, -0.2) is 22.6 Å². The van der Waals surface area contributed by atoms with E-state index in [9.17, 15) is 4.21 Å². The molecular weight excluding hydrogens is 114 g/mol. The Morgan fingerprint density at radius 3 is 2.71 bits per heavy atom. The first-order chi connectivity index (χ1) is 3.29. The minimum Gasteiger partial charge on any atom is -0.325 e. The lowest BCUT2D eigenvalue weighted by molar-refractivity contribution is 0.362. The summed E-state index contributed by atoms with van der Waals surface area (Å²) in [5, 5.41) is 0. The van der Waals surface area contributed by atoms with E-state index in [-0.39, 0.29) is 6.04 Å². The van der Waals surface area contributed by atoms with Gasteiger partial charge in [0.1, 0.15) is 0 Å². The van der Waals surface area contributed by atoms with Crippen molar-refractivity contribution in [2.45, 2.75) is 6.04 Å². The van der Waals surface area contributed by atoms with Crippen LogP contribution in [0.5, 0.6) is 0 Å². The van der Waals surface area contributed by atoms with Gasteiger partial charge in [0.25, 0.3) is 0 Å². The average Bonchev–Trinajstić information content (AvgIpc) is 1.87. The Kier molecular flexibility index (Phi) is 1.41. The molecule has 7 heavy (non-hydrogen) atoms. The third-order valence-corrected chi connectivity index (χ3v) is 1.86. The highest BCUT2D eigenvalue weighted by Crippen LogP contribution is 1.99. The lowest BCUT2D eigenvalue weighted by Gasteiger charge is -1.88. The molecule has 2 N–H and O–H groups in total. The van der Waals surface area contributed by atoms with E-state index in [0.717, 1.165) is 0 Å². The molecule has 0 aromatic carbocycles. The summed E-state index contributed by atoms with van der Waals surface area (Å²) < 4.78 is 14.9. The summed E-state index contributed by atoms with van der Waals surface area (Å²) in [5.74, 6) is 0.500. The van der Waals surface area contributed by atoms with Gasteiger partial charge in [-0.05, 0) is 0 Å². The highest BCUT2D eigenvalue weighted by atomic mass is 32.2. The molecule has 1 aliphatic rings. The van der Waals surface area contributed by atoms with Gasteiger partial charge in [-0.25, -0.2) is 4.21 Å². The molecular formula is C3H7NO2S. The fourth-order valence-electron chi connectivity index (χ4n) is 0.434. The van der Waals surface area contributed by atoms with Crippen LogP contribution in [0.25, 0.3) is 0 Å². The van der Waals surface area contributed by atoms with E-state index < -0.39 is 11.1 Å². The minimum atomic E-state index is -1.08. The number of hydrogen-bond donors (Lipinski definition) is 1. The zero-order chi connectivity index (χ0) is 5.28. The largest absolute Gasteiger partial charge is 0.325 e. The van der Waals surface area contributed by atoms with Crippen LogP contribution in [-0.2, 0) is 15.3 Å². The van der Waals surface area contributed by atoms with Crippen LogP contribution in [0.1, 0.15) is 0 Å². The standard InChI is InChI=1S/C3H7NO2S/c4-3-1-6-7(5)2-3/h3H,1-2,4H2/t3?,7-/m1/s1. The summed E-state index contributed by atoms with van der Waals surface area (Å²) in [5.41, 5.74) is 5.31. The topological polar surface area (TPSA) is 52.3 Å².